The second-order valence-corrected chi connectivity index (χ2v) is 3.60. The Balaban J connectivity index is 2.90. The molecule has 1 atom stereocenters. The molecule has 1 rings (SSSR count). The highest BCUT2D eigenvalue weighted by molar-refractivity contribution is 5.35. The third kappa shape index (κ3) is 3.22. The zero-order valence-electron chi connectivity index (χ0n) is 9.43. The molecule has 3 nitrogen and oxygen atoms in total. The molecule has 3 heteroatoms. The second-order valence-electron chi connectivity index (χ2n) is 3.60. The molecule has 0 heterocycles. The fourth-order valence-electron chi connectivity index (χ4n) is 1.48. The molecule has 0 bridgehead atoms. The summed E-state index contributed by atoms with van der Waals surface area (Å²) in [6.45, 7) is 3.84. The largest absolute Gasteiger partial charge is 0.496 e. The number of methoxy groups -OCH3 is 1. The Hall–Kier alpha value is -1.06. The van der Waals surface area contributed by atoms with E-state index in [0.717, 1.165) is 11.3 Å². The average Bonchev–Trinajstić information content (AvgIpc) is 2.25. The molecule has 1 unspecified atom stereocenters. The zero-order valence-corrected chi connectivity index (χ0v) is 9.43. The summed E-state index contributed by atoms with van der Waals surface area (Å²) in [5, 5.41) is 9.27. The molecular weight excluding hydrogens is 192 g/mol. The van der Waals surface area contributed by atoms with Crippen LogP contribution in [0.2, 0.25) is 0 Å². The van der Waals surface area contributed by atoms with Gasteiger partial charge in [0, 0.05) is 5.56 Å². The topological polar surface area (TPSA) is 38.7 Å². The van der Waals surface area contributed by atoms with E-state index in [9.17, 15) is 5.11 Å². The predicted octanol–water partition coefficient (Wildman–Crippen LogP) is 2.15. The molecule has 0 radical (unpaired) electrons. The number of hydrogen-bond donors (Lipinski definition) is 1. The number of rotatable bonds is 5. The standard InChI is InChI=1S/C12H18O3/c1-9(2)15-12(8-13)10-6-4-5-7-11(10)14-3/h4-7,9,12-13H,8H2,1-3H3. The SMILES string of the molecule is COc1ccccc1C(CO)OC(C)C. The van der Waals surface area contributed by atoms with Gasteiger partial charge in [0.25, 0.3) is 0 Å². The Morgan fingerprint density at radius 2 is 1.93 bits per heavy atom. The molecule has 84 valence electrons. The van der Waals surface area contributed by atoms with E-state index in [1.54, 1.807) is 7.11 Å². The van der Waals surface area contributed by atoms with Crippen LogP contribution < -0.4 is 4.74 Å². The van der Waals surface area contributed by atoms with Crippen molar-refractivity contribution < 1.29 is 14.6 Å². The lowest BCUT2D eigenvalue weighted by atomic mass is 10.1. The van der Waals surface area contributed by atoms with Crippen molar-refractivity contribution in [2.75, 3.05) is 13.7 Å². The molecule has 0 amide bonds. The van der Waals surface area contributed by atoms with Crippen molar-refractivity contribution in [3.05, 3.63) is 29.8 Å². The van der Waals surface area contributed by atoms with Crippen molar-refractivity contribution in [2.45, 2.75) is 26.1 Å². The quantitative estimate of drug-likeness (QED) is 0.809. The van der Waals surface area contributed by atoms with E-state index >= 15 is 0 Å². The normalized spacial score (nSPS) is 12.9. The lowest BCUT2D eigenvalue weighted by Gasteiger charge is -2.20. The van der Waals surface area contributed by atoms with Crippen LogP contribution in [0.1, 0.15) is 25.5 Å². The summed E-state index contributed by atoms with van der Waals surface area (Å²) in [4.78, 5) is 0. The van der Waals surface area contributed by atoms with Crippen molar-refractivity contribution in [1.82, 2.24) is 0 Å². The van der Waals surface area contributed by atoms with E-state index in [4.69, 9.17) is 9.47 Å². The minimum absolute atomic E-state index is 0.0431. The summed E-state index contributed by atoms with van der Waals surface area (Å²) >= 11 is 0. The van der Waals surface area contributed by atoms with Crippen molar-refractivity contribution in [1.29, 1.82) is 0 Å². The molecule has 0 aliphatic carbocycles. The number of benzene rings is 1. The van der Waals surface area contributed by atoms with Crippen LogP contribution in [0.3, 0.4) is 0 Å². The van der Waals surface area contributed by atoms with Gasteiger partial charge in [-0.2, -0.15) is 0 Å². The van der Waals surface area contributed by atoms with Gasteiger partial charge in [-0.15, -0.1) is 0 Å². The van der Waals surface area contributed by atoms with Gasteiger partial charge in [-0.25, -0.2) is 0 Å². The van der Waals surface area contributed by atoms with E-state index in [-0.39, 0.29) is 18.8 Å². The number of ether oxygens (including phenoxy) is 2. The second kappa shape index (κ2) is 5.73. The van der Waals surface area contributed by atoms with Crippen LogP contribution in [0, 0.1) is 0 Å². The minimum atomic E-state index is -0.318. The highest BCUT2D eigenvalue weighted by Crippen LogP contribution is 2.27. The van der Waals surface area contributed by atoms with Gasteiger partial charge in [0.05, 0.1) is 19.8 Å². The molecule has 1 N–H and O–H groups in total. The van der Waals surface area contributed by atoms with E-state index in [1.165, 1.54) is 0 Å². The van der Waals surface area contributed by atoms with Crippen molar-refractivity contribution in [3.8, 4) is 5.75 Å². The van der Waals surface area contributed by atoms with E-state index in [2.05, 4.69) is 0 Å². The van der Waals surface area contributed by atoms with Crippen LogP contribution in [0.25, 0.3) is 0 Å². The number of aliphatic hydroxyl groups excluding tert-OH is 1. The van der Waals surface area contributed by atoms with E-state index in [1.807, 2.05) is 38.1 Å². The van der Waals surface area contributed by atoms with Crippen LogP contribution in [-0.4, -0.2) is 24.9 Å². The third-order valence-electron chi connectivity index (χ3n) is 2.09. The van der Waals surface area contributed by atoms with Crippen molar-refractivity contribution >= 4 is 0 Å². The number of para-hydroxylation sites is 1. The van der Waals surface area contributed by atoms with Gasteiger partial charge in [0.15, 0.2) is 0 Å². The summed E-state index contributed by atoms with van der Waals surface area (Å²) < 4.78 is 10.8. The van der Waals surface area contributed by atoms with Gasteiger partial charge in [-0.1, -0.05) is 18.2 Å². The first-order valence-electron chi connectivity index (χ1n) is 5.08. The van der Waals surface area contributed by atoms with Crippen LogP contribution in [0.5, 0.6) is 5.75 Å². The van der Waals surface area contributed by atoms with Gasteiger partial charge < -0.3 is 14.6 Å². The summed E-state index contributed by atoms with van der Waals surface area (Å²) in [5.41, 5.74) is 0.885. The fraction of sp³-hybridized carbons (Fsp3) is 0.500. The van der Waals surface area contributed by atoms with E-state index in [0.29, 0.717) is 0 Å². The van der Waals surface area contributed by atoms with Crippen molar-refractivity contribution in [2.24, 2.45) is 0 Å². The predicted molar refractivity (Wildman–Crippen MR) is 59.0 cm³/mol. The summed E-state index contributed by atoms with van der Waals surface area (Å²) in [6.07, 6.45) is -0.242. The van der Waals surface area contributed by atoms with Gasteiger partial charge in [0.2, 0.25) is 0 Å². The lowest BCUT2D eigenvalue weighted by Crippen LogP contribution is -2.14. The Morgan fingerprint density at radius 1 is 1.27 bits per heavy atom. The molecule has 15 heavy (non-hydrogen) atoms. The smallest absolute Gasteiger partial charge is 0.124 e. The first-order valence-corrected chi connectivity index (χ1v) is 5.08. The Kier molecular flexibility index (Phi) is 4.59. The maximum atomic E-state index is 9.27. The first kappa shape index (κ1) is 12.0. The molecule has 0 aromatic heterocycles. The summed E-state index contributed by atoms with van der Waals surface area (Å²) in [6, 6.07) is 7.57. The maximum absolute atomic E-state index is 9.27. The van der Waals surface area contributed by atoms with Crippen LogP contribution >= 0.6 is 0 Å². The molecule has 0 spiro atoms. The highest BCUT2D eigenvalue weighted by atomic mass is 16.5. The van der Waals surface area contributed by atoms with Crippen LogP contribution in [0.15, 0.2) is 24.3 Å². The highest BCUT2D eigenvalue weighted by Gasteiger charge is 2.16. The van der Waals surface area contributed by atoms with Crippen LogP contribution in [0.4, 0.5) is 0 Å². The van der Waals surface area contributed by atoms with Gasteiger partial charge in [0.1, 0.15) is 11.9 Å². The molecule has 0 saturated carbocycles. The Bertz CT molecular complexity index is 297. The molecule has 0 aliphatic heterocycles. The number of hydrogen-bond acceptors (Lipinski definition) is 3. The summed E-state index contributed by atoms with van der Waals surface area (Å²) in [5.74, 6) is 0.747. The molecule has 0 fully saturated rings. The maximum Gasteiger partial charge on any atom is 0.124 e. The average molecular weight is 210 g/mol. The van der Waals surface area contributed by atoms with Gasteiger partial charge in [-0.05, 0) is 19.9 Å². The molecule has 0 aliphatic rings. The number of aliphatic hydroxyl groups is 1. The Labute approximate surface area is 90.6 Å². The summed E-state index contributed by atoms with van der Waals surface area (Å²) in [7, 11) is 1.61. The molecule has 1 aromatic rings. The van der Waals surface area contributed by atoms with Crippen molar-refractivity contribution in [3.63, 3.8) is 0 Å². The van der Waals surface area contributed by atoms with E-state index < -0.39 is 0 Å². The Morgan fingerprint density at radius 3 is 2.47 bits per heavy atom. The monoisotopic (exact) mass is 210 g/mol. The third-order valence-corrected chi connectivity index (χ3v) is 2.09. The van der Waals surface area contributed by atoms with Gasteiger partial charge >= 0.3 is 0 Å². The molecule has 1 aromatic carbocycles. The van der Waals surface area contributed by atoms with Gasteiger partial charge in [-0.3, -0.25) is 0 Å². The minimum Gasteiger partial charge on any atom is -0.496 e. The first-order chi connectivity index (χ1) is 7.19. The molecule has 0 saturated heterocycles. The zero-order chi connectivity index (χ0) is 11.3. The lowest BCUT2D eigenvalue weighted by molar-refractivity contribution is -0.0258. The fourth-order valence-corrected chi connectivity index (χ4v) is 1.48. The molecular formula is C12H18O3. The van der Waals surface area contributed by atoms with Crippen LogP contribution in [-0.2, 0) is 4.74 Å².